The van der Waals surface area contributed by atoms with Gasteiger partial charge >= 0.3 is 0 Å². The second-order valence-corrected chi connectivity index (χ2v) is 6.03. The SMILES string of the molecule is Nc1ccc(CN(Cc2ccc(N)cc2)c2nccs2)cc1. The molecule has 0 radical (unpaired) electrons. The van der Waals surface area contributed by atoms with E-state index in [0.717, 1.165) is 29.6 Å². The first-order chi connectivity index (χ1) is 10.7. The van der Waals surface area contributed by atoms with Gasteiger partial charge in [0.1, 0.15) is 0 Å². The Balaban J connectivity index is 1.81. The number of hydrogen-bond acceptors (Lipinski definition) is 5. The van der Waals surface area contributed by atoms with E-state index in [4.69, 9.17) is 11.5 Å². The van der Waals surface area contributed by atoms with E-state index in [1.54, 1.807) is 11.3 Å². The van der Waals surface area contributed by atoms with E-state index < -0.39 is 0 Å². The van der Waals surface area contributed by atoms with Crippen molar-refractivity contribution in [1.29, 1.82) is 0 Å². The molecule has 0 spiro atoms. The molecule has 0 amide bonds. The van der Waals surface area contributed by atoms with Gasteiger partial charge in [-0.15, -0.1) is 11.3 Å². The fourth-order valence-electron chi connectivity index (χ4n) is 2.25. The van der Waals surface area contributed by atoms with Crippen molar-refractivity contribution in [2.45, 2.75) is 13.1 Å². The van der Waals surface area contributed by atoms with E-state index in [0.29, 0.717) is 0 Å². The lowest BCUT2D eigenvalue weighted by atomic mass is 10.1. The van der Waals surface area contributed by atoms with Gasteiger partial charge in [-0.05, 0) is 35.4 Å². The maximum Gasteiger partial charge on any atom is 0.185 e. The smallest absolute Gasteiger partial charge is 0.185 e. The molecule has 3 aromatic rings. The Kier molecular flexibility index (Phi) is 4.25. The highest BCUT2D eigenvalue weighted by Crippen LogP contribution is 2.23. The summed E-state index contributed by atoms with van der Waals surface area (Å²) in [5.41, 5.74) is 15.5. The van der Waals surface area contributed by atoms with Crippen LogP contribution in [0.4, 0.5) is 16.5 Å². The Hall–Kier alpha value is -2.53. The summed E-state index contributed by atoms with van der Waals surface area (Å²) < 4.78 is 0. The van der Waals surface area contributed by atoms with Crippen molar-refractivity contribution < 1.29 is 0 Å². The second-order valence-electron chi connectivity index (χ2n) is 5.15. The lowest BCUT2D eigenvalue weighted by Gasteiger charge is -2.22. The first-order valence-electron chi connectivity index (χ1n) is 7.04. The molecule has 1 heterocycles. The molecule has 4 N–H and O–H groups in total. The molecule has 0 saturated carbocycles. The Bertz CT molecular complexity index is 658. The van der Waals surface area contributed by atoms with E-state index >= 15 is 0 Å². The van der Waals surface area contributed by atoms with Gasteiger partial charge in [0.15, 0.2) is 5.13 Å². The molecule has 0 aliphatic carbocycles. The predicted octanol–water partition coefficient (Wildman–Crippen LogP) is 3.51. The normalized spacial score (nSPS) is 10.5. The van der Waals surface area contributed by atoms with Crippen LogP contribution in [0.15, 0.2) is 60.1 Å². The van der Waals surface area contributed by atoms with Gasteiger partial charge in [0.05, 0.1) is 0 Å². The van der Waals surface area contributed by atoms with Gasteiger partial charge in [-0.3, -0.25) is 0 Å². The zero-order valence-corrected chi connectivity index (χ0v) is 13.0. The molecule has 0 aliphatic heterocycles. The number of hydrogen-bond donors (Lipinski definition) is 2. The summed E-state index contributed by atoms with van der Waals surface area (Å²) in [6.07, 6.45) is 1.83. The Morgan fingerprint density at radius 2 is 1.32 bits per heavy atom. The third-order valence-electron chi connectivity index (χ3n) is 3.40. The summed E-state index contributed by atoms with van der Waals surface area (Å²) in [5.74, 6) is 0. The van der Waals surface area contributed by atoms with Crippen molar-refractivity contribution in [2.24, 2.45) is 0 Å². The lowest BCUT2D eigenvalue weighted by Crippen LogP contribution is -2.21. The van der Waals surface area contributed by atoms with Gasteiger partial charge in [-0.25, -0.2) is 4.98 Å². The first kappa shape index (κ1) is 14.4. The molecule has 0 unspecified atom stereocenters. The van der Waals surface area contributed by atoms with Crippen molar-refractivity contribution in [1.82, 2.24) is 4.98 Å². The molecule has 0 bridgehead atoms. The molecular formula is C17H18N4S. The van der Waals surface area contributed by atoms with Gasteiger partial charge < -0.3 is 16.4 Å². The van der Waals surface area contributed by atoms with Gasteiger partial charge in [-0.1, -0.05) is 24.3 Å². The van der Waals surface area contributed by atoms with Crippen LogP contribution in [0.3, 0.4) is 0 Å². The minimum absolute atomic E-state index is 0.781. The minimum Gasteiger partial charge on any atom is -0.399 e. The number of nitrogen functional groups attached to an aromatic ring is 2. The van der Waals surface area contributed by atoms with Crippen LogP contribution in [-0.4, -0.2) is 4.98 Å². The maximum absolute atomic E-state index is 5.75. The summed E-state index contributed by atoms with van der Waals surface area (Å²) >= 11 is 1.64. The van der Waals surface area contributed by atoms with Gasteiger partial charge in [0, 0.05) is 36.0 Å². The van der Waals surface area contributed by atoms with E-state index in [1.165, 1.54) is 11.1 Å². The van der Waals surface area contributed by atoms with Crippen LogP contribution in [0.5, 0.6) is 0 Å². The van der Waals surface area contributed by atoms with Crippen molar-refractivity contribution in [3.05, 3.63) is 71.2 Å². The monoisotopic (exact) mass is 310 g/mol. The summed E-state index contributed by atoms with van der Waals surface area (Å²) in [6.45, 7) is 1.58. The van der Waals surface area contributed by atoms with E-state index in [1.807, 2.05) is 35.8 Å². The zero-order valence-electron chi connectivity index (χ0n) is 12.1. The summed E-state index contributed by atoms with van der Waals surface area (Å²) in [5, 5.41) is 3.00. The number of rotatable bonds is 5. The number of nitrogens with zero attached hydrogens (tertiary/aromatic N) is 2. The topological polar surface area (TPSA) is 68.2 Å². The van der Waals surface area contributed by atoms with Crippen molar-refractivity contribution in [2.75, 3.05) is 16.4 Å². The summed E-state index contributed by atoms with van der Waals surface area (Å²) in [4.78, 5) is 6.69. The van der Waals surface area contributed by atoms with Crippen LogP contribution in [0.2, 0.25) is 0 Å². The third-order valence-corrected chi connectivity index (χ3v) is 4.23. The Labute approximate surface area is 134 Å². The fourth-order valence-corrected chi connectivity index (χ4v) is 2.89. The van der Waals surface area contributed by atoms with Crippen LogP contribution in [0.25, 0.3) is 0 Å². The average molecular weight is 310 g/mol. The highest BCUT2D eigenvalue weighted by Gasteiger charge is 2.11. The fraction of sp³-hybridized carbons (Fsp3) is 0.118. The zero-order chi connectivity index (χ0) is 15.4. The molecule has 22 heavy (non-hydrogen) atoms. The number of thiazole rings is 1. The molecule has 0 atom stereocenters. The molecule has 5 heteroatoms. The Morgan fingerprint density at radius 1 is 0.818 bits per heavy atom. The van der Waals surface area contributed by atoms with Crippen LogP contribution in [0, 0.1) is 0 Å². The molecule has 1 aromatic heterocycles. The summed E-state index contributed by atoms with van der Waals surface area (Å²) in [6, 6.07) is 15.9. The predicted molar refractivity (Wildman–Crippen MR) is 93.7 cm³/mol. The largest absolute Gasteiger partial charge is 0.399 e. The molecule has 0 aliphatic rings. The van der Waals surface area contributed by atoms with E-state index in [2.05, 4.69) is 34.1 Å². The number of nitrogens with two attached hydrogens (primary N) is 2. The van der Waals surface area contributed by atoms with Gasteiger partial charge in [0.25, 0.3) is 0 Å². The number of benzene rings is 2. The van der Waals surface area contributed by atoms with Crippen molar-refractivity contribution in [3.8, 4) is 0 Å². The Morgan fingerprint density at radius 3 is 1.73 bits per heavy atom. The minimum atomic E-state index is 0.781. The van der Waals surface area contributed by atoms with Crippen LogP contribution >= 0.6 is 11.3 Å². The highest BCUT2D eigenvalue weighted by molar-refractivity contribution is 7.13. The quantitative estimate of drug-likeness (QED) is 0.708. The molecule has 112 valence electrons. The van der Waals surface area contributed by atoms with Crippen LogP contribution in [0.1, 0.15) is 11.1 Å². The molecule has 3 rings (SSSR count). The van der Waals surface area contributed by atoms with E-state index in [-0.39, 0.29) is 0 Å². The third kappa shape index (κ3) is 3.56. The number of anilines is 3. The standard InChI is InChI=1S/C17H18N4S/c18-15-5-1-13(2-6-15)11-21(17-20-9-10-22-17)12-14-3-7-16(19)8-4-14/h1-10H,11-12,18-19H2. The van der Waals surface area contributed by atoms with Gasteiger partial charge in [0.2, 0.25) is 0 Å². The van der Waals surface area contributed by atoms with E-state index in [9.17, 15) is 0 Å². The molecule has 0 fully saturated rings. The molecule has 0 saturated heterocycles. The lowest BCUT2D eigenvalue weighted by molar-refractivity contribution is 0.795. The van der Waals surface area contributed by atoms with Crippen LogP contribution < -0.4 is 16.4 Å². The highest BCUT2D eigenvalue weighted by atomic mass is 32.1. The summed E-state index contributed by atoms with van der Waals surface area (Å²) in [7, 11) is 0. The second kappa shape index (κ2) is 6.49. The number of aromatic nitrogens is 1. The first-order valence-corrected chi connectivity index (χ1v) is 7.92. The molecule has 2 aromatic carbocycles. The molecule has 4 nitrogen and oxygen atoms in total. The average Bonchev–Trinajstić information content (AvgIpc) is 3.05. The van der Waals surface area contributed by atoms with Crippen molar-refractivity contribution >= 4 is 27.8 Å². The van der Waals surface area contributed by atoms with Crippen LogP contribution in [-0.2, 0) is 13.1 Å². The van der Waals surface area contributed by atoms with Gasteiger partial charge in [-0.2, -0.15) is 0 Å². The molecular weight excluding hydrogens is 292 g/mol. The maximum atomic E-state index is 5.75. The van der Waals surface area contributed by atoms with Crippen molar-refractivity contribution in [3.63, 3.8) is 0 Å².